The van der Waals surface area contributed by atoms with Crippen LogP contribution in [-0.2, 0) is 6.54 Å². The van der Waals surface area contributed by atoms with Crippen LogP contribution in [-0.4, -0.2) is 24.0 Å². The second-order valence-corrected chi connectivity index (χ2v) is 6.24. The van der Waals surface area contributed by atoms with Crippen LogP contribution in [0.25, 0.3) is 0 Å². The van der Waals surface area contributed by atoms with Crippen molar-refractivity contribution in [2.45, 2.75) is 19.4 Å². The van der Waals surface area contributed by atoms with E-state index in [0.717, 1.165) is 28.9 Å². The van der Waals surface area contributed by atoms with Crippen LogP contribution in [0.2, 0.25) is 0 Å². The van der Waals surface area contributed by atoms with Gasteiger partial charge in [-0.25, -0.2) is 4.98 Å². The Hall–Kier alpha value is -1.88. The van der Waals surface area contributed by atoms with Gasteiger partial charge in [0.05, 0.1) is 5.56 Å². The third-order valence-corrected chi connectivity index (χ3v) is 4.50. The highest BCUT2D eigenvalue weighted by Crippen LogP contribution is 2.18. The summed E-state index contributed by atoms with van der Waals surface area (Å²) in [5.41, 5.74) is 1.65. The summed E-state index contributed by atoms with van der Waals surface area (Å²) in [6, 6.07) is 11.5. The molecule has 0 bridgehead atoms. The van der Waals surface area contributed by atoms with Crippen molar-refractivity contribution in [1.29, 1.82) is 0 Å². The number of rotatable bonds is 4. The minimum Gasteiger partial charge on any atom is -0.357 e. The number of carbonyl (C=O) groups excluding carboxylic acids is 1. The van der Waals surface area contributed by atoms with Gasteiger partial charge in [0.1, 0.15) is 5.82 Å². The minimum atomic E-state index is -0.0869. The molecular formula is C17H18BrN3O. The molecule has 1 aromatic heterocycles. The Labute approximate surface area is 138 Å². The Morgan fingerprint density at radius 3 is 2.64 bits per heavy atom. The van der Waals surface area contributed by atoms with E-state index in [0.29, 0.717) is 12.1 Å². The Kier molecular flexibility index (Phi) is 4.73. The van der Waals surface area contributed by atoms with Gasteiger partial charge < -0.3 is 10.2 Å². The lowest BCUT2D eigenvalue weighted by atomic mass is 10.2. The molecule has 2 heterocycles. The van der Waals surface area contributed by atoms with Gasteiger partial charge in [-0.2, -0.15) is 0 Å². The molecule has 1 aliphatic heterocycles. The lowest BCUT2D eigenvalue weighted by Crippen LogP contribution is -2.23. The zero-order valence-corrected chi connectivity index (χ0v) is 13.8. The number of anilines is 1. The third-order valence-electron chi connectivity index (χ3n) is 3.81. The summed E-state index contributed by atoms with van der Waals surface area (Å²) in [4.78, 5) is 18.9. The van der Waals surface area contributed by atoms with Crippen molar-refractivity contribution in [3.8, 4) is 0 Å². The topological polar surface area (TPSA) is 45.2 Å². The van der Waals surface area contributed by atoms with Crippen molar-refractivity contribution >= 4 is 27.7 Å². The van der Waals surface area contributed by atoms with E-state index in [-0.39, 0.29) is 5.91 Å². The first-order chi connectivity index (χ1) is 10.7. The summed E-state index contributed by atoms with van der Waals surface area (Å²) < 4.78 is 0.801. The second kappa shape index (κ2) is 6.92. The van der Waals surface area contributed by atoms with Gasteiger partial charge in [0, 0.05) is 30.3 Å². The first-order valence-electron chi connectivity index (χ1n) is 7.46. The Balaban J connectivity index is 1.59. The molecule has 1 aliphatic rings. The highest BCUT2D eigenvalue weighted by molar-refractivity contribution is 9.10. The molecule has 0 spiro atoms. The molecule has 1 amide bonds. The molecule has 0 atom stereocenters. The standard InChI is InChI=1S/C17H18BrN3O/c18-15-6-2-1-5-14(15)17(22)20-12-13-7-8-16(19-11-13)21-9-3-4-10-21/h1-2,5-8,11H,3-4,9-10,12H2,(H,20,22). The van der Waals surface area contributed by atoms with Crippen LogP contribution in [0.4, 0.5) is 5.82 Å². The maximum absolute atomic E-state index is 12.1. The summed E-state index contributed by atoms with van der Waals surface area (Å²) in [6.07, 6.45) is 4.32. The van der Waals surface area contributed by atoms with Gasteiger partial charge in [0.2, 0.25) is 0 Å². The maximum Gasteiger partial charge on any atom is 0.252 e. The van der Waals surface area contributed by atoms with Crippen LogP contribution < -0.4 is 10.2 Å². The van der Waals surface area contributed by atoms with Crippen LogP contribution in [0.1, 0.15) is 28.8 Å². The molecule has 1 fully saturated rings. The number of aromatic nitrogens is 1. The van der Waals surface area contributed by atoms with Crippen LogP contribution >= 0.6 is 15.9 Å². The predicted molar refractivity (Wildman–Crippen MR) is 91.0 cm³/mol. The van der Waals surface area contributed by atoms with Crippen molar-refractivity contribution in [3.63, 3.8) is 0 Å². The summed E-state index contributed by atoms with van der Waals surface area (Å²) in [5, 5.41) is 2.92. The Morgan fingerprint density at radius 1 is 1.18 bits per heavy atom. The van der Waals surface area contributed by atoms with Crippen LogP contribution in [0.3, 0.4) is 0 Å². The number of benzene rings is 1. The molecule has 3 rings (SSSR count). The summed E-state index contributed by atoms with van der Waals surface area (Å²) in [6.45, 7) is 2.66. The van der Waals surface area contributed by atoms with E-state index >= 15 is 0 Å². The number of carbonyl (C=O) groups is 1. The molecule has 0 unspecified atom stereocenters. The third kappa shape index (κ3) is 3.47. The van der Waals surface area contributed by atoms with E-state index in [1.165, 1.54) is 12.8 Å². The zero-order chi connectivity index (χ0) is 15.4. The summed E-state index contributed by atoms with van der Waals surface area (Å²) in [5.74, 6) is 0.939. The Bertz CT molecular complexity index is 651. The van der Waals surface area contributed by atoms with Gasteiger partial charge >= 0.3 is 0 Å². The largest absolute Gasteiger partial charge is 0.357 e. The Morgan fingerprint density at radius 2 is 1.95 bits per heavy atom. The van der Waals surface area contributed by atoms with Gasteiger partial charge in [-0.1, -0.05) is 18.2 Å². The number of hydrogen-bond donors (Lipinski definition) is 1. The van der Waals surface area contributed by atoms with E-state index < -0.39 is 0 Å². The number of halogens is 1. The van der Waals surface area contributed by atoms with Crippen molar-refractivity contribution in [2.75, 3.05) is 18.0 Å². The molecule has 1 aromatic carbocycles. The molecule has 4 nitrogen and oxygen atoms in total. The van der Waals surface area contributed by atoms with Gasteiger partial charge in [0.25, 0.3) is 5.91 Å². The average Bonchev–Trinajstić information content (AvgIpc) is 3.08. The highest BCUT2D eigenvalue weighted by atomic mass is 79.9. The number of nitrogens with zero attached hydrogens (tertiary/aromatic N) is 2. The van der Waals surface area contributed by atoms with Crippen LogP contribution in [0.5, 0.6) is 0 Å². The molecule has 22 heavy (non-hydrogen) atoms. The zero-order valence-electron chi connectivity index (χ0n) is 12.3. The van der Waals surface area contributed by atoms with E-state index in [2.05, 4.69) is 31.1 Å². The van der Waals surface area contributed by atoms with Gasteiger partial charge in [-0.15, -0.1) is 0 Å². The molecule has 1 N–H and O–H groups in total. The molecule has 0 radical (unpaired) electrons. The molecule has 0 saturated carbocycles. The fourth-order valence-electron chi connectivity index (χ4n) is 2.58. The van der Waals surface area contributed by atoms with Crippen LogP contribution in [0.15, 0.2) is 47.1 Å². The fourth-order valence-corrected chi connectivity index (χ4v) is 3.04. The molecule has 114 valence electrons. The summed E-state index contributed by atoms with van der Waals surface area (Å²) in [7, 11) is 0. The SMILES string of the molecule is O=C(NCc1ccc(N2CCCC2)nc1)c1ccccc1Br. The lowest BCUT2D eigenvalue weighted by Gasteiger charge is -2.16. The van der Waals surface area contributed by atoms with Crippen molar-refractivity contribution in [2.24, 2.45) is 0 Å². The van der Waals surface area contributed by atoms with Gasteiger partial charge in [-0.05, 0) is 52.5 Å². The number of pyridine rings is 1. The number of amides is 1. The van der Waals surface area contributed by atoms with E-state index in [4.69, 9.17) is 0 Å². The number of nitrogens with one attached hydrogen (secondary N) is 1. The maximum atomic E-state index is 12.1. The first kappa shape index (κ1) is 15.0. The normalized spacial score (nSPS) is 14.1. The number of hydrogen-bond acceptors (Lipinski definition) is 3. The van der Waals surface area contributed by atoms with E-state index in [1.54, 1.807) is 6.07 Å². The second-order valence-electron chi connectivity index (χ2n) is 5.38. The molecule has 2 aromatic rings. The fraction of sp³-hybridized carbons (Fsp3) is 0.294. The molecule has 0 aliphatic carbocycles. The van der Waals surface area contributed by atoms with Crippen molar-refractivity contribution in [3.05, 3.63) is 58.2 Å². The van der Waals surface area contributed by atoms with Gasteiger partial charge in [0.15, 0.2) is 0 Å². The first-order valence-corrected chi connectivity index (χ1v) is 8.26. The monoisotopic (exact) mass is 359 g/mol. The van der Waals surface area contributed by atoms with E-state index in [9.17, 15) is 4.79 Å². The quantitative estimate of drug-likeness (QED) is 0.909. The average molecular weight is 360 g/mol. The highest BCUT2D eigenvalue weighted by Gasteiger charge is 2.13. The summed E-state index contributed by atoms with van der Waals surface area (Å²) >= 11 is 3.39. The van der Waals surface area contributed by atoms with Crippen LogP contribution in [0, 0.1) is 0 Å². The lowest BCUT2D eigenvalue weighted by molar-refractivity contribution is 0.0950. The van der Waals surface area contributed by atoms with Crippen molar-refractivity contribution in [1.82, 2.24) is 10.3 Å². The molecule has 5 heteroatoms. The minimum absolute atomic E-state index is 0.0869. The predicted octanol–water partition coefficient (Wildman–Crippen LogP) is 3.37. The van der Waals surface area contributed by atoms with E-state index in [1.807, 2.05) is 36.5 Å². The smallest absolute Gasteiger partial charge is 0.252 e. The van der Waals surface area contributed by atoms with Crippen molar-refractivity contribution < 1.29 is 4.79 Å². The molecule has 1 saturated heterocycles. The molecular weight excluding hydrogens is 342 g/mol. The van der Waals surface area contributed by atoms with Gasteiger partial charge in [-0.3, -0.25) is 4.79 Å².